The van der Waals surface area contributed by atoms with Gasteiger partial charge in [-0.2, -0.15) is 0 Å². The predicted octanol–water partition coefficient (Wildman–Crippen LogP) is 1.95. The van der Waals surface area contributed by atoms with E-state index in [0.717, 1.165) is 0 Å². The van der Waals surface area contributed by atoms with Crippen LogP contribution in [0.2, 0.25) is 0 Å². The molecule has 0 bridgehead atoms. The molecule has 0 saturated carbocycles. The fraction of sp³-hybridized carbons (Fsp3) is 0.250. The Morgan fingerprint density at radius 2 is 1.67 bits per heavy atom. The summed E-state index contributed by atoms with van der Waals surface area (Å²) in [5.74, 6) is -3.91. The Hall–Kier alpha value is -3.19. The topological polar surface area (TPSA) is 95.9 Å². The second kappa shape index (κ2) is 7.20. The number of esters is 1. The van der Waals surface area contributed by atoms with Crippen molar-refractivity contribution in [1.82, 2.24) is 10.2 Å². The number of amides is 1. The van der Waals surface area contributed by atoms with Crippen LogP contribution in [0.1, 0.15) is 29.8 Å². The number of rotatable bonds is 5. The van der Waals surface area contributed by atoms with E-state index in [1.165, 1.54) is 11.8 Å². The van der Waals surface area contributed by atoms with E-state index in [2.05, 4.69) is 5.32 Å². The fourth-order valence-electron chi connectivity index (χ4n) is 3.10. The molecule has 140 valence electrons. The lowest BCUT2D eigenvalue weighted by Gasteiger charge is -2.39. The average molecular weight is 368 g/mol. The van der Waals surface area contributed by atoms with Gasteiger partial charge in [-0.1, -0.05) is 48.5 Å². The maximum Gasteiger partial charge on any atom is 0.332 e. The first-order valence-corrected chi connectivity index (χ1v) is 8.54. The number of carboxylic acids is 1. The summed E-state index contributed by atoms with van der Waals surface area (Å²) in [5, 5.41) is 12.2. The molecule has 1 fully saturated rings. The molecule has 3 atom stereocenters. The van der Waals surface area contributed by atoms with Crippen molar-refractivity contribution in [1.29, 1.82) is 0 Å². The lowest BCUT2D eigenvalue weighted by atomic mass is 10.0. The van der Waals surface area contributed by atoms with Gasteiger partial charge in [-0.3, -0.25) is 14.5 Å². The van der Waals surface area contributed by atoms with Crippen LogP contribution in [0.4, 0.5) is 0 Å². The number of hydrogen-bond acceptors (Lipinski definition) is 5. The zero-order valence-corrected chi connectivity index (χ0v) is 15.0. The number of carbonyl (C=O) groups is 3. The van der Waals surface area contributed by atoms with Crippen molar-refractivity contribution < 1.29 is 24.2 Å². The maximum atomic E-state index is 13.2. The highest BCUT2D eigenvalue weighted by molar-refractivity contribution is 5.98. The largest absolute Gasteiger partial charge is 0.480 e. The van der Waals surface area contributed by atoms with E-state index < -0.39 is 35.8 Å². The van der Waals surface area contributed by atoms with Gasteiger partial charge in [0.15, 0.2) is 0 Å². The quantitative estimate of drug-likeness (QED) is 0.783. The molecule has 1 aliphatic rings. The summed E-state index contributed by atoms with van der Waals surface area (Å²) in [6, 6.07) is 15.1. The minimum absolute atomic E-state index is 0.368. The molecule has 3 rings (SSSR count). The highest BCUT2D eigenvalue weighted by atomic mass is 16.6. The Balaban J connectivity index is 2.15. The minimum atomic E-state index is -1.72. The number of aliphatic carboxylic acids is 1. The maximum absolute atomic E-state index is 13.2. The summed E-state index contributed by atoms with van der Waals surface area (Å²) in [5.41, 5.74) is 0.827. The molecule has 2 aromatic carbocycles. The van der Waals surface area contributed by atoms with Crippen molar-refractivity contribution in [3.63, 3.8) is 0 Å². The Morgan fingerprint density at radius 1 is 1.11 bits per heavy atom. The van der Waals surface area contributed by atoms with Crippen LogP contribution in [0.25, 0.3) is 0 Å². The standard InChI is InChI=1S/C20H20N2O5/c1-13(18(24)25)21-20(16-11-7-4-8-12-16)22(14(2)19(26)27-20)17(23)15-9-5-3-6-10-15/h3-14,21H,1-2H3,(H,24,25)/t13?,14-,20-/m1/s1. The molecule has 0 spiro atoms. The lowest BCUT2D eigenvalue weighted by Crippen LogP contribution is -2.60. The van der Waals surface area contributed by atoms with Gasteiger partial charge in [-0.05, 0) is 26.0 Å². The molecule has 1 aliphatic heterocycles. The second-order valence-electron chi connectivity index (χ2n) is 6.35. The van der Waals surface area contributed by atoms with E-state index in [4.69, 9.17) is 4.74 Å². The number of carbonyl (C=O) groups excluding carboxylic acids is 2. The van der Waals surface area contributed by atoms with Crippen LogP contribution >= 0.6 is 0 Å². The van der Waals surface area contributed by atoms with E-state index in [1.54, 1.807) is 67.6 Å². The zero-order chi connectivity index (χ0) is 19.6. The minimum Gasteiger partial charge on any atom is -0.480 e. The first-order valence-electron chi connectivity index (χ1n) is 8.54. The van der Waals surface area contributed by atoms with Gasteiger partial charge in [-0.15, -0.1) is 0 Å². The van der Waals surface area contributed by atoms with Crippen molar-refractivity contribution in [2.24, 2.45) is 0 Å². The van der Waals surface area contributed by atoms with Crippen LogP contribution in [0.5, 0.6) is 0 Å². The van der Waals surface area contributed by atoms with Gasteiger partial charge in [0, 0.05) is 11.1 Å². The molecule has 1 amide bonds. The molecule has 27 heavy (non-hydrogen) atoms. The SMILES string of the molecule is CC(N[C@@]1(c2ccccc2)OC(=O)[C@@H](C)N1C(=O)c1ccccc1)C(=O)O. The molecular weight excluding hydrogens is 348 g/mol. The predicted molar refractivity (Wildman–Crippen MR) is 96.5 cm³/mol. The molecule has 1 unspecified atom stereocenters. The number of nitrogens with one attached hydrogen (secondary N) is 1. The average Bonchev–Trinajstić information content (AvgIpc) is 2.93. The monoisotopic (exact) mass is 368 g/mol. The zero-order valence-electron chi connectivity index (χ0n) is 15.0. The van der Waals surface area contributed by atoms with Crippen LogP contribution in [-0.2, 0) is 20.2 Å². The summed E-state index contributed by atoms with van der Waals surface area (Å²) in [6.45, 7) is 2.98. The van der Waals surface area contributed by atoms with E-state index in [-0.39, 0.29) is 0 Å². The molecule has 2 N–H and O–H groups in total. The third-order valence-corrected chi connectivity index (χ3v) is 4.50. The first kappa shape index (κ1) is 18.6. The van der Waals surface area contributed by atoms with E-state index in [9.17, 15) is 19.5 Å². The summed E-state index contributed by atoms with van der Waals surface area (Å²) < 4.78 is 5.62. The number of carboxylic acid groups (broad SMARTS) is 1. The second-order valence-corrected chi connectivity index (χ2v) is 6.35. The Morgan fingerprint density at radius 3 is 2.22 bits per heavy atom. The van der Waals surface area contributed by atoms with E-state index >= 15 is 0 Å². The Kier molecular flexibility index (Phi) is 4.96. The van der Waals surface area contributed by atoms with E-state index in [0.29, 0.717) is 11.1 Å². The summed E-state index contributed by atoms with van der Waals surface area (Å²) in [4.78, 5) is 38.4. The third kappa shape index (κ3) is 3.29. The smallest absolute Gasteiger partial charge is 0.332 e. The molecular formula is C20H20N2O5. The van der Waals surface area contributed by atoms with Gasteiger partial charge < -0.3 is 9.84 Å². The number of nitrogens with zero attached hydrogens (tertiary/aromatic N) is 1. The highest BCUT2D eigenvalue weighted by Crippen LogP contribution is 2.37. The van der Waals surface area contributed by atoms with Crippen LogP contribution in [0.15, 0.2) is 60.7 Å². The Labute approximate surface area is 156 Å². The van der Waals surface area contributed by atoms with Crippen LogP contribution < -0.4 is 5.32 Å². The summed E-state index contributed by atoms with van der Waals surface area (Å²) in [6.07, 6.45) is 0. The lowest BCUT2D eigenvalue weighted by molar-refractivity contribution is -0.165. The van der Waals surface area contributed by atoms with Crippen molar-refractivity contribution in [3.8, 4) is 0 Å². The Bertz CT molecular complexity index is 855. The molecule has 0 radical (unpaired) electrons. The van der Waals surface area contributed by atoms with Crippen molar-refractivity contribution in [2.45, 2.75) is 31.8 Å². The van der Waals surface area contributed by atoms with Gasteiger partial charge in [0.1, 0.15) is 12.1 Å². The molecule has 1 heterocycles. The molecule has 1 saturated heterocycles. The number of benzene rings is 2. The molecule has 2 aromatic rings. The van der Waals surface area contributed by atoms with Gasteiger partial charge in [0.05, 0.1) is 0 Å². The normalized spacial score (nSPS) is 23.0. The van der Waals surface area contributed by atoms with Gasteiger partial charge in [0.2, 0.25) is 0 Å². The molecule has 7 heteroatoms. The van der Waals surface area contributed by atoms with Crippen LogP contribution in [0, 0.1) is 0 Å². The van der Waals surface area contributed by atoms with Gasteiger partial charge in [-0.25, -0.2) is 10.1 Å². The molecule has 7 nitrogen and oxygen atoms in total. The molecule has 0 aliphatic carbocycles. The highest BCUT2D eigenvalue weighted by Gasteiger charge is 2.56. The van der Waals surface area contributed by atoms with Crippen molar-refractivity contribution in [3.05, 3.63) is 71.8 Å². The summed E-state index contributed by atoms with van der Waals surface area (Å²) >= 11 is 0. The number of hydrogen-bond donors (Lipinski definition) is 2. The van der Waals surface area contributed by atoms with Gasteiger partial charge in [0.25, 0.3) is 11.8 Å². The van der Waals surface area contributed by atoms with E-state index in [1.807, 2.05) is 0 Å². The van der Waals surface area contributed by atoms with Crippen LogP contribution in [0.3, 0.4) is 0 Å². The van der Waals surface area contributed by atoms with Crippen LogP contribution in [-0.4, -0.2) is 39.9 Å². The van der Waals surface area contributed by atoms with Crippen molar-refractivity contribution in [2.75, 3.05) is 0 Å². The fourth-order valence-corrected chi connectivity index (χ4v) is 3.10. The molecule has 0 aromatic heterocycles. The number of ether oxygens (including phenoxy) is 1. The first-order chi connectivity index (χ1) is 12.9. The third-order valence-electron chi connectivity index (χ3n) is 4.50. The summed E-state index contributed by atoms with van der Waals surface area (Å²) in [7, 11) is 0. The van der Waals surface area contributed by atoms with Gasteiger partial charge >= 0.3 is 11.9 Å². The van der Waals surface area contributed by atoms with Crippen molar-refractivity contribution >= 4 is 17.8 Å². The number of cyclic esters (lactones) is 1.